The maximum Gasteiger partial charge on any atom is 0.101 e. The fraction of sp³-hybridized carbons (Fsp3) is 0.529. The van der Waals surface area contributed by atoms with Gasteiger partial charge in [0.2, 0.25) is 0 Å². The summed E-state index contributed by atoms with van der Waals surface area (Å²) in [5.41, 5.74) is 3.30. The number of epoxide rings is 1. The molecule has 6 heteroatoms. The van der Waals surface area contributed by atoms with E-state index >= 15 is 0 Å². The zero-order chi connectivity index (χ0) is 15.5. The molecule has 5 nitrogen and oxygen atoms in total. The molecule has 122 valence electrons. The normalized spacial score (nSPS) is 23.7. The van der Waals surface area contributed by atoms with Crippen molar-refractivity contribution in [1.29, 1.82) is 0 Å². The van der Waals surface area contributed by atoms with Gasteiger partial charge in [0.25, 0.3) is 0 Å². The third-order valence-electron chi connectivity index (χ3n) is 4.72. The van der Waals surface area contributed by atoms with Crippen LogP contribution in [0.5, 0.6) is 0 Å². The summed E-state index contributed by atoms with van der Waals surface area (Å²) in [6.07, 6.45) is 7.24. The molecule has 0 saturated carbocycles. The highest BCUT2D eigenvalue weighted by molar-refractivity contribution is 7.09. The van der Waals surface area contributed by atoms with Crippen LogP contribution in [0.2, 0.25) is 0 Å². The molecular formula is C17H22N4OS. The van der Waals surface area contributed by atoms with E-state index in [4.69, 9.17) is 4.74 Å². The van der Waals surface area contributed by atoms with Crippen molar-refractivity contribution < 1.29 is 4.74 Å². The Balaban J connectivity index is 1.30. The molecule has 0 amide bonds. The van der Waals surface area contributed by atoms with Crippen LogP contribution in [0.1, 0.15) is 16.5 Å². The second-order valence-corrected chi connectivity index (χ2v) is 7.12. The van der Waals surface area contributed by atoms with E-state index in [1.165, 1.54) is 10.4 Å². The van der Waals surface area contributed by atoms with Crippen LogP contribution >= 0.6 is 11.3 Å². The largest absolute Gasteiger partial charge is 0.371 e. The minimum Gasteiger partial charge on any atom is -0.371 e. The minimum absolute atomic E-state index is 0.374. The number of hydrogen-bond donors (Lipinski definition) is 0. The smallest absolute Gasteiger partial charge is 0.101 e. The zero-order valence-corrected chi connectivity index (χ0v) is 14.0. The molecule has 2 fully saturated rings. The predicted molar refractivity (Wildman–Crippen MR) is 90.5 cm³/mol. The number of pyridine rings is 1. The molecule has 23 heavy (non-hydrogen) atoms. The first-order valence-corrected chi connectivity index (χ1v) is 9.13. The first-order valence-electron chi connectivity index (χ1n) is 8.25. The summed E-state index contributed by atoms with van der Waals surface area (Å²) >= 11 is 1.75. The van der Waals surface area contributed by atoms with Gasteiger partial charge in [0, 0.05) is 56.2 Å². The standard InChI is InChI=1S/C17H22N4OS/c1-4-18-5-2-14(1)3-6-20-7-9-21(10-8-20)17(15-12-22-15)16-11-19-13-23-16/h1-2,4-5,11,13,15,17H,3,6-10,12H2. The van der Waals surface area contributed by atoms with Gasteiger partial charge in [-0.3, -0.25) is 14.9 Å². The van der Waals surface area contributed by atoms with Crippen molar-refractivity contribution in [1.82, 2.24) is 19.8 Å². The van der Waals surface area contributed by atoms with E-state index in [0.717, 1.165) is 45.8 Å². The van der Waals surface area contributed by atoms with E-state index in [-0.39, 0.29) is 0 Å². The molecule has 2 atom stereocenters. The van der Waals surface area contributed by atoms with Crippen molar-refractivity contribution in [2.24, 2.45) is 0 Å². The third-order valence-corrected chi connectivity index (χ3v) is 5.57. The highest BCUT2D eigenvalue weighted by Gasteiger charge is 2.39. The summed E-state index contributed by atoms with van der Waals surface area (Å²) in [7, 11) is 0. The number of thiazole rings is 1. The van der Waals surface area contributed by atoms with Crippen LogP contribution in [0.25, 0.3) is 0 Å². The summed E-state index contributed by atoms with van der Waals surface area (Å²) in [6, 6.07) is 4.63. The lowest BCUT2D eigenvalue weighted by Gasteiger charge is -2.38. The molecular weight excluding hydrogens is 308 g/mol. The van der Waals surface area contributed by atoms with Crippen LogP contribution in [-0.4, -0.2) is 65.2 Å². The molecule has 2 aromatic heterocycles. The molecule has 0 bridgehead atoms. The quantitative estimate of drug-likeness (QED) is 0.756. The SMILES string of the molecule is c1cc(CCN2CCN(C(c3cncs3)C3CO3)CC2)ccn1. The topological polar surface area (TPSA) is 44.8 Å². The molecule has 4 heterocycles. The van der Waals surface area contributed by atoms with E-state index < -0.39 is 0 Å². The summed E-state index contributed by atoms with van der Waals surface area (Å²) in [5, 5.41) is 0. The molecule has 0 aliphatic carbocycles. The van der Waals surface area contributed by atoms with Crippen molar-refractivity contribution in [2.75, 3.05) is 39.3 Å². The molecule has 2 saturated heterocycles. The molecule has 2 unspecified atom stereocenters. The van der Waals surface area contributed by atoms with Crippen molar-refractivity contribution >= 4 is 11.3 Å². The van der Waals surface area contributed by atoms with Gasteiger partial charge in [0.15, 0.2) is 0 Å². The Morgan fingerprint density at radius 3 is 2.61 bits per heavy atom. The van der Waals surface area contributed by atoms with Crippen LogP contribution < -0.4 is 0 Å². The Bertz CT molecular complexity index is 594. The Morgan fingerprint density at radius 2 is 1.96 bits per heavy atom. The summed E-state index contributed by atoms with van der Waals surface area (Å²) in [4.78, 5) is 14.8. The van der Waals surface area contributed by atoms with Crippen molar-refractivity contribution in [3.05, 3.63) is 46.7 Å². The van der Waals surface area contributed by atoms with Gasteiger partial charge in [0.05, 0.1) is 18.2 Å². The fourth-order valence-electron chi connectivity index (χ4n) is 3.31. The number of hydrogen-bond acceptors (Lipinski definition) is 6. The molecule has 2 aliphatic heterocycles. The maximum atomic E-state index is 5.60. The average Bonchev–Trinajstić information content (AvgIpc) is 3.29. The van der Waals surface area contributed by atoms with Crippen LogP contribution in [0.3, 0.4) is 0 Å². The fourth-order valence-corrected chi connectivity index (χ4v) is 4.12. The van der Waals surface area contributed by atoms with Crippen LogP contribution in [0.4, 0.5) is 0 Å². The van der Waals surface area contributed by atoms with Crippen molar-refractivity contribution in [3.63, 3.8) is 0 Å². The first kappa shape index (κ1) is 15.2. The minimum atomic E-state index is 0.374. The van der Waals surface area contributed by atoms with E-state index in [0.29, 0.717) is 12.1 Å². The zero-order valence-electron chi connectivity index (χ0n) is 13.2. The van der Waals surface area contributed by atoms with Crippen LogP contribution in [-0.2, 0) is 11.2 Å². The highest BCUT2D eigenvalue weighted by Crippen LogP contribution is 2.35. The van der Waals surface area contributed by atoms with Gasteiger partial charge < -0.3 is 9.64 Å². The van der Waals surface area contributed by atoms with Crippen molar-refractivity contribution in [2.45, 2.75) is 18.6 Å². The Hall–Kier alpha value is -1.34. The van der Waals surface area contributed by atoms with E-state index in [9.17, 15) is 0 Å². The number of piperazine rings is 1. The van der Waals surface area contributed by atoms with E-state index in [2.05, 4.69) is 31.9 Å². The second-order valence-electron chi connectivity index (χ2n) is 6.20. The van der Waals surface area contributed by atoms with Crippen molar-refractivity contribution in [3.8, 4) is 0 Å². The Labute approximate surface area is 140 Å². The summed E-state index contributed by atoms with van der Waals surface area (Å²) < 4.78 is 5.60. The lowest BCUT2D eigenvalue weighted by molar-refractivity contribution is 0.0839. The van der Waals surface area contributed by atoms with Gasteiger partial charge >= 0.3 is 0 Å². The molecule has 4 rings (SSSR count). The van der Waals surface area contributed by atoms with Gasteiger partial charge in [-0.15, -0.1) is 11.3 Å². The summed E-state index contributed by atoms with van der Waals surface area (Å²) in [5.74, 6) is 0. The molecule has 2 aliphatic rings. The third kappa shape index (κ3) is 3.77. The number of aromatic nitrogens is 2. The van der Waals surface area contributed by atoms with Gasteiger partial charge in [0.1, 0.15) is 6.10 Å². The number of nitrogens with zero attached hydrogens (tertiary/aromatic N) is 4. The lowest BCUT2D eigenvalue weighted by Crippen LogP contribution is -2.49. The molecule has 0 spiro atoms. The first-order chi connectivity index (χ1) is 11.4. The molecule has 0 aromatic carbocycles. The van der Waals surface area contributed by atoms with Gasteiger partial charge in [-0.1, -0.05) is 0 Å². The monoisotopic (exact) mass is 330 g/mol. The van der Waals surface area contributed by atoms with Crippen LogP contribution in [0, 0.1) is 0 Å². The van der Waals surface area contributed by atoms with Gasteiger partial charge in [-0.25, -0.2) is 0 Å². The maximum absolute atomic E-state index is 5.60. The van der Waals surface area contributed by atoms with E-state index in [1.807, 2.05) is 24.1 Å². The highest BCUT2D eigenvalue weighted by atomic mass is 32.1. The number of rotatable bonds is 6. The molecule has 0 radical (unpaired) electrons. The lowest BCUT2D eigenvalue weighted by atomic mass is 10.1. The molecule has 0 N–H and O–H groups in total. The summed E-state index contributed by atoms with van der Waals surface area (Å²) in [6.45, 7) is 6.51. The Kier molecular flexibility index (Phi) is 4.66. The Morgan fingerprint density at radius 1 is 1.17 bits per heavy atom. The molecule has 2 aromatic rings. The van der Waals surface area contributed by atoms with Gasteiger partial charge in [-0.05, 0) is 24.1 Å². The average molecular weight is 330 g/mol. The van der Waals surface area contributed by atoms with E-state index in [1.54, 1.807) is 11.3 Å². The van der Waals surface area contributed by atoms with Gasteiger partial charge in [-0.2, -0.15) is 0 Å². The number of ether oxygens (including phenoxy) is 1. The second kappa shape index (κ2) is 7.05. The van der Waals surface area contributed by atoms with Crippen LogP contribution in [0.15, 0.2) is 36.2 Å². The predicted octanol–water partition coefficient (Wildman–Crippen LogP) is 1.84.